The van der Waals surface area contributed by atoms with Crippen molar-refractivity contribution in [2.75, 3.05) is 6.54 Å². The molecule has 5 heteroatoms. The van der Waals surface area contributed by atoms with Crippen molar-refractivity contribution in [1.82, 2.24) is 10.3 Å². The molecule has 0 radical (unpaired) electrons. The van der Waals surface area contributed by atoms with E-state index in [0.29, 0.717) is 0 Å². The van der Waals surface area contributed by atoms with E-state index in [1.54, 1.807) is 6.07 Å². The minimum Gasteiger partial charge on any atom is -0.309 e. The molecule has 1 N–H and O–H groups in total. The lowest BCUT2D eigenvalue weighted by molar-refractivity contribution is -0.385. The second-order valence-corrected chi connectivity index (χ2v) is 3.35. The highest BCUT2D eigenvalue weighted by molar-refractivity contribution is 5.27. The highest BCUT2D eigenvalue weighted by Gasteiger charge is 2.17. The molecule has 1 aliphatic heterocycles. The number of pyridine rings is 1. The molecular weight excluding hydrogens is 182 g/mol. The Morgan fingerprint density at radius 3 is 2.93 bits per heavy atom. The first-order chi connectivity index (χ1) is 6.77. The number of nitrogens with zero attached hydrogens (tertiary/aromatic N) is 2. The minimum absolute atomic E-state index is 0.0479. The molecule has 5 nitrogen and oxygen atoms in total. The lowest BCUT2D eigenvalue weighted by atomic mass is 10.1. The van der Waals surface area contributed by atoms with Crippen LogP contribution in [-0.4, -0.2) is 16.5 Å². The zero-order valence-electron chi connectivity index (χ0n) is 7.64. The van der Waals surface area contributed by atoms with Crippen LogP contribution in [0.25, 0.3) is 0 Å². The molecule has 0 amide bonds. The van der Waals surface area contributed by atoms with Crippen LogP contribution in [0, 0.1) is 10.1 Å². The van der Waals surface area contributed by atoms with E-state index in [4.69, 9.17) is 0 Å². The Labute approximate surface area is 81.3 Å². The molecule has 0 aromatic carbocycles. The van der Waals surface area contributed by atoms with Crippen LogP contribution in [0.15, 0.2) is 18.3 Å². The van der Waals surface area contributed by atoms with E-state index < -0.39 is 4.92 Å². The summed E-state index contributed by atoms with van der Waals surface area (Å²) in [6, 6.07) is 3.50. The molecule has 1 atom stereocenters. The standard InChI is InChI=1S/C9H11N3O2/c13-12(14)7-3-4-9(11-6-7)8-2-1-5-10-8/h3-4,6,8,10H,1-2,5H2. The molecule has 1 aromatic heterocycles. The summed E-state index contributed by atoms with van der Waals surface area (Å²) in [7, 11) is 0. The molecule has 1 unspecified atom stereocenters. The average molecular weight is 193 g/mol. The molecule has 1 fully saturated rings. The van der Waals surface area contributed by atoms with Crippen LogP contribution in [0.3, 0.4) is 0 Å². The Kier molecular flexibility index (Phi) is 2.41. The van der Waals surface area contributed by atoms with E-state index in [0.717, 1.165) is 25.1 Å². The van der Waals surface area contributed by atoms with Gasteiger partial charge in [-0.3, -0.25) is 15.1 Å². The lowest BCUT2D eigenvalue weighted by Gasteiger charge is -2.07. The predicted molar refractivity (Wildman–Crippen MR) is 50.9 cm³/mol. The summed E-state index contributed by atoms with van der Waals surface area (Å²) in [5, 5.41) is 13.7. The monoisotopic (exact) mass is 193 g/mol. The second-order valence-electron chi connectivity index (χ2n) is 3.35. The summed E-state index contributed by atoms with van der Waals surface area (Å²) < 4.78 is 0. The Morgan fingerprint density at radius 2 is 2.43 bits per heavy atom. The quantitative estimate of drug-likeness (QED) is 0.569. The van der Waals surface area contributed by atoms with Crippen LogP contribution in [0.4, 0.5) is 5.69 Å². The summed E-state index contributed by atoms with van der Waals surface area (Å²) in [6.07, 6.45) is 3.52. The van der Waals surface area contributed by atoms with Crippen molar-refractivity contribution < 1.29 is 4.92 Å². The van der Waals surface area contributed by atoms with Crippen molar-refractivity contribution in [2.24, 2.45) is 0 Å². The number of aromatic nitrogens is 1. The second kappa shape index (κ2) is 3.71. The van der Waals surface area contributed by atoms with Gasteiger partial charge in [0, 0.05) is 12.1 Å². The maximum atomic E-state index is 10.4. The SMILES string of the molecule is O=[N+]([O-])c1ccc(C2CCCN2)nc1. The normalized spacial score (nSPS) is 21.0. The molecule has 14 heavy (non-hydrogen) atoms. The van der Waals surface area contributed by atoms with Crippen molar-refractivity contribution >= 4 is 5.69 Å². The molecule has 0 saturated carbocycles. The summed E-state index contributed by atoms with van der Waals surface area (Å²) >= 11 is 0. The van der Waals surface area contributed by atoms with Crippen LogP contribution in [-0.2, 0) is 0 Å². The molecule has 1 aromatic rings. The fourth-order valence-electron chi connectivity index (χ4n) is 1.65. The number of rotatable bonds is 2. The third-order valence-corrected chi connectivity index (χ3v) is 2.40. The largest absolute Gasteiger partial charge is 0.309 e. The Balaban J connectivity index is 2.16. The number of nitrogens with one attached hydrogen (secondary N) is 1. The van der Waals surface area contributed by atoms with Crippen molar-refractivity contribution in [2.45, 2.75) is 18.9 Å². The molecule has 0 aliphatic carbocycles. The predicted octanol–water partition coefficient (Wildman–Crippen LogP) is 1.41. The van der Waals surface area contributed by atoms with E-state index in [2.05, 4.69) is 10.3 Å². The average Bonchev–Trinajstić information content (AvgIpc) is 2.71. The van der Waals surface area contributed by atoms with Crippen LogP contribution < -0.4 is 5.32 Å². The third kappa shape index (κ3) is 1.72. The van der Waals surface area contributed by atoms with Gasteiger partial charge in [-0.1, -0.05) is 0 Å². The van der Waals surface area contributed by atoms with E-state index in [9.17, 15) is 10.1 Å². The molecular formula is C9H11N3O2. The smallest absolute Gasteiger partial charge is 0.287 e. The van der Waals surface area contributed by atoms with E-state index in [1.807, 2.05) is 0 Å². The van der Waals surface area contributed by atoms with E-state index in [1.165, 1.54) is 12.3 Å². The highest BCUT2D eigenvalue weighted by atomic mass is 16.6. The molecule has 74 valence electrons. The van der Waals surface area contributed by atoms with Crippen LogP contribution in [0.5, 0.6) is 0 Å². The first-order valence-corrected chi connectivity index (χ1v) is 4.61. The Hall–Kier alpha value is -1.49. The van der Waals surface area contributed by atoms with Crippen LogP contribution >= 0.6 is 0 Å². The number of hydrogen-bond acceptors (Lipinski definition) is 4. The third-order valence-electron chi connectivity index (χ3n) is 2.40. The maximum Gasteiger partial charge on any atom is 0.287 e. The van der Waals surface area contributed by atoms with Gasteiger partial charge < -0.3 is 5.32 Å². The van der Waals surface area contributed by atoms with Gasteiger partial charge in [-0.15, -0.1) is 0 Å². The summed E-state index contributed by atoms with van der Waals surface area (Å²) in [6.45, 7) is 1.00. The van der Waals surface area contributed by atoms with Gasteiger partial charge in [-0.25, -0.2) is 0 Å². The molecule has 2 rings (SSSR count). The molecule has 2 heterocycles. The first kappa shape index (κ1) is 9.08. The summed E-state index contributed by atoms with van der Waals surface area (Å²) in [5.41, 5.74) is 0.944. The van der Waals surface area contributed by atoms with Gasteiger partial charge in [-0.2, -0.15) is 0 Å². The van der Waals surface area contributed by atoms with Gasteiger partial charge in [0.2, 0.25) is 0 Å². The van der Waals surface area contributed by atoms with Crippen LogP contribution in [0.2, 0.25) is 0 Å². The minimum atomic E-state index is -0.432. The first-order valence-electron chi connectivity index (χ1n) is 4.61. The van der Waals surface area contributed by atoms with E-state index >= 15 is 0 Å². The Bertz CT molecular complexity index is 330. The molecule has 0 spiro atoms. The molecule has 1 saturated heterocycles. The van der Waals surface area contributed by atoms with Gasteiger partial charge in [0.1, 0.15) is 6.20 Å². The van der Waals surface area contributed by atoms with Crippen molar-refractivity contribution in [1.29, 1.82) is 0 Å². The summed E-state index contributed by atoms with van der Waals surface area (Å²) in [5.74, 6) is 0. The summed E-state index contributed by atoms with van der Waals surface area (Å²) in [4.78, 5) is 14.0. The molecule has 0 bridgehead atoms. The zero-order valence-corrected chi connectivity index (χ0v) is 7.64. The zero-order chi connectivity index (χ0) is 9.97. The molecule has 1 aliphatic rings. The van der Waals surface area contributed by atoms with Gasteiger partial charge in [0.15, 0.2) is 0 Å². The van der Waals surface area contributed by atoms with Crippen LogP contribution in [0.1, 0.15) is 24.6 Å². The van der Waals surface area contributed by atoms with E-state index in [-0.39, 0.29) is 11.7 Å². The van der Waals surface area contributed by atoms with Crippen molar-refractivity contribution in [3.05, 3.63) is 34.1 Å². The van der Waals surface area contributed by atoms with Gasteiger partial charge in [0.25, 0.3) is 5.69 Å². The lowest BCUT2D eigenvalue weighted by Crippen LogP contribution is -2.14. The van der Waals surface area contributed by atoms with Gasteiger partial charge in [-0.05, 0) is 25.5 Å². The number of hydrogen-bond donors (Lipinski definition) is 1. The fraction of sp³-hybridized carbons (Fsp3) is 0.444. The van der Waals surface area contributed by atoms with Gasteiger partial charge in [0.05, 0.1) is 10.6 Å². The fourth-order valence-corrected chi connectivity index (χ4v) is 1.65. The highest BCUT2D eigenvalue weighted by Crippen LogP contribution is 2.22. The number of nitro groups is 1. The maximum absolute atomic E-state index is 10.4. The van der Waals surface area contributed by atoms with Crippen molar-refractivity contribution in [3.63, 3.8) is 0 Å². The topological polar surface area (TPSA) is 68.1 Å². The van der Waals surface area contributed by atoms with Gasteiger partial charge >= 0.3 is 0 Å². The Morgan fingerprint density at radius 1 is 1.57 bits per heavy atom. The van der Waals surface area contributed by atoms with Crippen molar-refractivity contribution in [3.8, 4) is 0 Å².